The molecule has 0 radical (unpaired) electrons. The van der Waals surface area contributed by atoms with Crippen molar-refractivity contribution in [2.45, 2.75) is 32.4 Å². The third kappa shape index (κ3) is 2.31. The van der Waals surface area contributed by atoms with E-state index in [1.54, 1.807) is 7.11 Å². The second kappa shape index (κ2) is 5.15. The first-order valence-electron chi connectivity index (χ1n) is 7.30. The third-order valence-electron chi connectivity index (χ3n) is 4.60. The zero-order valence-electron chi connectivity index (χ0n) is 13.0. The first-order valence-corrected chi connectivity index (χ1v) is 7.30. The van der Waals surface area contributed by atoms with Crippen molar-refractivity contribution < 1.29 is 4.74 Å². The molecule has 1 fully saturated rings. The van der Waals surface area contributed by atoms with E-state index >= 15 is 0 Å². The van der Waals surface area contributed by atoms with Crippen molar-refractivity contribution in [3.05, 3.63) is 24.3 Å². The van der Waals surface area contributed by atoms with Crippen LogP contribution in [0.1, 0.15) is 20.3 Å². The lowest BCUT2D eigenvalue weighted by Gasteiger charge is -2.51. The van der Waals surface area contributed by atoms with Crippen LogP contribution in [0.3, 0.4) is 0 Å². The van der Waals surface area contributed by atoms with E-state index in [0.717, 1.165) is 23.1 Å². The van der Waals surface area contributed by atoms with Gasteiger partial charge in [-0.25, -0.2) is 4.98 Å². The Kier molecular flexibility index (Phi) is 3.45. The number of fused-ring (bicyclic) bond motifs is 1. The second-order valence-electron chi connectivity index (χ2n) is 6.14. The molecule has 3 rings (SSSR count). The first-order chi connectivity index (χ1) is 10.1. The molecule has 2 aromatic rings. The van der Waals surface area contributed by atoms with Gasteiger partial charge in [0.2, 0.25) is 5.95 Å². The van der Waals surface area contributed by atoms with Crippen molar-refractivity contribution in [2.75, 3.05) is 24.8 Å². The highest BCUT2D eigenvalue weighted by molar-refractivity contribution is 5.90. The van der Waals surface area contributed by atoms with Crippen LogP contribution < -0.4 is 10.6 Å². The van der Waals surface area contributed by atoms with Gasteiger partial charge in [-0.2, -0.15) is 4.98 Å². The molecule has 0 spiro atoms. The van der Waals surface area contributed by atoms with Crippen molar-refractivity contribution in [2.24, 2.45) is 5.41 Å². The second-order valence-corrected chi connectivity index (χ2v) is 6.14. The van der Waals surface area contributed by atoms with Gasteiger partial charge >= 0.3 is 0 Å². The molecule has 0 aliphatic heterocycles. The molecule has 112 valence electrons. The highest BCUT2D eigenvalue weighted by Crippen LogP contribution is 2.44. The van der Waals surface area contributed by atoms with Crippen LogP contribution in [0.4, 0.5) is 11.8 Å². The lowest BCUT2D eigenvalue weighted by atomic mass is 9.64. The molecule has 1 aliphatic carbocycles. The van der Waals surface area contributed by atoms with Crippen LogP contribution >= 0.6 is 0 Å². The number of anilines is 2. The van der Waals surface area contributed by atoms with Crippen molar-refractivity contribution in [3.63, 3.8) is 0 Å². The van der Waals surface area contributed by atoms with E-state index in [4.69, 9.17) is 4.74 Å². The molecule has 2 unspecified atom stereocenters. The molecule has 1 saturated carbocycles. The Labute approximate surface area is 125 Å². The topological polar surface area (TPSA) is 59.1 Å². The standard InChI is InChI=1S/C16H22N4O/c1-16(2)12(9-13(16)21-4)19-14-10-7-5-6-8-11(10)18-15(17-3)20-14/h5-8,12-13H,9H2,1-4H3,(H2,17,18,19,20). The molecule has 1 aromatic carbocycles. The zero-order chi connectivity index (χ0) is 15.0. The Morgan fingerprint density at radius 2 is 2.00 bits per heavy atom. The number of nitrogens with zero attached hydrogens (tertiary/aromatic N) is 2. The maximum absolute atomic E-state index is 5.52. The predicted octanol–water partition coefficient (Wildman–Crippen LogP) is 2.90. The molecule has 5 nitrogen and oxygen atoms in total. The number of nitrogens with one attached hydrogen (secondary N) is 2. The molecular formula is C16H22N4O. The normalized spacial score (nSPS) is 23.6. The summed E-state index contributed by atoms with van der Waals surface area (Å²) in [6.07, 6.45) is 1.29. The van der Waals surface area contributed by atoms with Crippen molar-refractivity contribution >= 4 is 22.7 Å². The maximum Gasteiger partial charge on any atom is 0.224 e. The van der Waals surface area contributed by atoms with Crippen LogP contribution in [0.5, 0.6) is 0 Å². The minimum atomic E-state index is 0.0978. The van der Waals surface area contributed by atoms with Crippen LogP contribution in [-0.2, 0) is 4.74 Å². The fraction of sp³-hybridized carbons (Fsp3) is 0.500. The van der Waals surface area contributed by atoms with Gasteiger partial charge in [-0.15, -0.1) is 0 Å². The van der Waals surface area contributed by atoms with E-state index in [0.29, 0.717) is 18.1 Å². The molecule has 2 N–H and O–H groups in total. The Morgan fingerprint density at radius 1 is 1.24 bits per heavy atom. The fourth-order valence-electron chi connectivity index (χ4n) is 2.99. The summed E-state index contributed by atoms with van der Waals surface area (Å²) >= 11 is 0. The molecule has 0 bridgehead atoms. The van der Waals surface area contributed by atoms with Crippen LogP contribution in [0, 0.1) is 5.41 Å². The van der Waals surface area contributed by atoms with Gasteiger partial charge in [0, 0.05) is 31.0 Å². The third-order valence-corrected chi connectivity index (χ3v) is 4.60. The van der Waals surface area contributed by atoms with Gasteiger partial charge in [-0.1, -0.05) is 26.0 Å². The SMILES string of the molecule is CNc1nc(NC2CC(OC)C2(C)C)c2ccccc2n1. The Hall–Kier alpha value is -1.88. The minimum Gasteiger partial charge on any atom is -0.381 e. The van der Waals surface area contributed by atoms with Crippen molar-refractivity contribution in [1.82, 2.24) is 9.97 Å². The van der Waals surface area contributed by atoms with Gasteiger partial charge in [0.25, 0.3) is 0 Å². The number of para-hydroxylation sites is 1. The summed E-state index contributed by atoms with van der Waals surface area (Å²) in [7, 11) is 3.62. The van der Waals surface area contributed by atoms with E-state index in [1.807, 2.05) is 25.2 Å². The Bertz CT molecular complexity index is 656. The van der Waals surface area contributed by atoms with Gasteiger partial charge in [0.05, 0.1) is 11.6 Å². The summed E-state index contributed by atoms with van der Waals surface area (Å²) in [6.45, 7) is 4.45. The van der Waals surface area contributed by atoms with Gasteiger partial charge in [0.15, 0.2) is 0 Å². The Morgan fingerprint density at radius 3 is 2.67 bits per heavy atom. The number of ether oxygens (including phenoxy) is 1. The highest BCUT2D eigenvalue weighted by atomic mass is 16.5. The number of methoxy groups -OCH3 is 1. The van der Waals surface area contributed by atoms with Crippen molar-refractivity contribution in [3.8, 4) is 0 Å². The van der Waals surface area contributed by atoms with E-state index in [2.05, 4.69) is 40.5 Å². The molecule has 5 heteroatoms. The predicted molar refractivity (Wildman–Crippen MR) is 85.7 cm³/mol. The molecular weight excluding hydrogens is 264 g/mol. The smallest absolute Gasteiger partial charge is 0.224 e. The fourth-order valence-corrected chi connectivity index (χ4v) is 2.99. The molecule has 2 atom stereocenters. The lowest BCUT2D eigenvalue weighted by molar-refractivity contribution is -0.0795. The van der Waals surface area contributed by atoms with Gasteiger partial charge in [0.1, 0.15) is 5.82 Å². The molecule has 1 aromatic heterocycles. The quantitative estimate of drug-likeness (QED) is 0.905. The lowest BCUT2D eigenvalue weighted by Crippen LogP contribution is -2.57. The molecule has 21 heavy (non-hydrogen) atoms. The largest absolute Gasteiger partial charge is 0.381 e. The van der Waals surface area contributed by atoms with Crippen LogP contribution in [0.15, 0.2) is 24.3 Å². The van der Waals surface area contributed by atoms with Crippen LogP contribution in [0.25, 0.3) is 10.9 Å². The molecule has 0 amide bonds. The van der Waals surface area contributed by atoms with E-state index < -0.39 is 0 Å². The summed E-state index contributed by atoms with van der Waals surface area (Å²) in [6, 6.07) is 8.42. The Balaban J connectivity index is 1.94. The molecule has 0 saturated heterocycles. The minimum absolute atomic E-state index is 0.0978. The van der Waals surface area contributed by atoms with Gasteiger partial charge in [-0.3, -0.25) is 0 Å². The van der Waals surface area contributed by atoms with Gasteiger partial charge in [-0.05, 0) is 18.6 Å². The summed E-state index contributed by atoms with van der Waals surface area (Å²) in [5, 5.41) is 7.65. The number of rotatable bonds is 4. The number of aromatic nitrogens is 2. The molecule has 1 aliphatic rings. The van der Waals surface area contributed by atoms with Crippen molar-refractivity contribution in [1.29, 1.82) is 0 Å². The van der Waals surface area contributed by atoms with E-state index in [9.17, 15) is 0 Å². The summed E-state index contributed by atoms with van der Waals surface area (Å²) in [5.74, 6) is 1.52. The van der Waals surface area contributed by atoms with Crippen LogP contribution in [0.2, 0.25) is 0 Å². The van der Waals surface area contributed by atoms with Crippen LogP contribution in [-0.4, -0.2) is 36.3 Å². The zero-order valence-corrected chi connectivity index (χ0v) is 13.0. The average molecular weight is 286 g/mol. The summed E-state index contributed by atoms with van der Waals surface area (Å²) in [5.41, 5.74) is 1.04. The first kappa shape index (κ1) is 14.1. The number of hydrogen-bond donors (Lipinski definition) is 2. The number of hydrogen-bond acceptors (Lipinski definition) is 5. The highest BCUT2D eigenvalue weighted by Gasteiger charge is 2.48. The summed E-state index contributed by atoms with van der Waals surface area (Å²) in [4.78, 5) is 9.07. The molecule has 1 heterocycles. The summed E-state index contributed by atoms with van der Waals surface area (Å²) < 4.78 is 5.52. The van der Waals surface area contributed by atoms with E-state index in [1.165, 1.54) is 0 Å². The van der Waals surface area contributed by atoms with E-state index in [-0.39, 0.29) is 5.41 Å². The average Bonchev–Trinajstić information content (AvgIpc) is 2.50. The van der Waals surface area contributed by atoms with Gasteiger partial charge < -0.3 is 15.4 Å². The monoisotopic (exact) mass is 286 g/mol. The number of benzene rings is 1. The maximum atomic E-state index is 5.52.